The van der Waals surface area contributed by atoms with E-state index in [0.29, 0.717) is 23.5 Å². The van der Waals surface area contributed by atoms with E-state index in [0.717, 1.165) is 31.1 Å². The van der Waals surface area contributed by atoms with Crippen molar-refractivity contribution >= 4 is 18.4 Å². The van der Waals surface area contributed by atoms with Crippen molar-refractivity contribution < 1.29 is 9.90 Å². The lowest BCUT2D eigenvalue weighted by molar-refractivity contribution is -0.138. The van der Waals surface area contributed by atoms with Crippen molar-refractivity contribution in [1.82, 2.24) is 0 Å². The van der Waals surface area contributed by atoms with Crippen LogP contribution in [0.15, 0.2) is 16.3 Å². The minimum Gasteiger partial charge on any atom is -0.480 e. The zero-order chi connectivity index (χ0) is 15.3. The second kappa shape index (κ2) is 7.36. The first-order chi connectivity index (χ1) is 9.47. The zero-order valence-electron chi connectivity index (χ0n) is 12.9. The molecule has 0 aromatic carbocycles. The molecule has 4 nitrogen and oxygen atoms in total. The Hall–Kier alpha value is -1.45. The van der Waals surface area contributed by atoms with Crippen LogP contribution in [0.3, 0.4) is 0 Å². The Morgan fingerprint density at radius 2 is 2.15 bits per heavy atom. The molecule has 4 unspecified atom stereocenters. The number of carbonyl (C=O) groups is 1. The van der Waals surface area contributed by atoms with Gasteiger partial charge in [0.1, 0.15) is 5.92 Å². The van der Waals surface area contributed by atoms with Crippen molar-refractivity contribution in [3.63, 3.8) is 0 Å². The maximum absolute atomic E-state index is 11.3. The van der Waals surface area contributed by atoms with Crippen LogP contribution in [0, 0.1) is 29.1 Å². The van der Waals surface area contributed by atoms with Crippen LogP contribution in [0.25, 0.3) is 0 Å². The van der Waals surface area contributed by atoms with Crippen LogP contribution in [-0.2, 0) is 4.79 Å². The van der Waals surface area contributed by atoms with Gasteiger partial charge in [0.25, 0.3) is 0 Å². The van der Waals surface area contributed by atoms with E-state index in [1.807, 2.05) is 6.21 Å². The summed E-state index contributed by atoms with van der Waals surface area (Å²) in [5.74, 6) is -0.725. The number of hydrogen-bond donors (Lipinski definition) is 2. The smallest absolute Gasteiger partial charge is 0.318 e. The van der Waals surface area contributed by atoms with Gasteiger partial charge in [-0.25, -0.2) is 0 Å². The number of carboxylic acids is 1. The number of nitrogens with zero attached hydrogens (tertiary/aromatic N) is 1. The third kappa shape index (κ3) is 3.78. The fraction of sp³-hybridized carbons (Fsp3) is 0.688. The van der Waals surface area contributed by atoms with E-state index in [9.17, 15) is 9.90 Å². The highest BCUT2D eigenvalue weighted by atomic mass is 16.4. The molecule has 4 atom stereocenters. The summed E-state index contributed by atoms with van der Waals surface area (Å²) >= 11 is 0. The van der Waals surface area contributed by atoms with Crippen molar-refractivity contribution in [2.45, 2.75) is 47.0 Å². The second-order valence-electron chi connectivity index (χ2n) is 5.67. The molecule has 4 heteroatoms. The summed E-state index contributed by atoms with van der Waals surface area (Å²) in [5.41, 5.74) is 1.72. The number of hydrogen-bond acceptors (Lipinski definition) is 3. The third-order valence-corrected chi connectivity index (χ3v) is 4.06. The highest BCUT2D eigenvalue weighted by molar-refractivity contribution is 5.92. The van der Waals surface area contributed by atoms with Gasteiger partial charge in [0, 0.05) is 12.4 Å². The molecule has 0 bridgehead atoms. The second-order valence-corrected chi connectivity index (χ2v) is 5.67. The lowest BCUT2D eigenvalue weighted by atomic mass is 10.0. The fourth-order valence-electron chi connectivity index (χ4n) is 2.80. The van der Waals surface area contributed by atoms with Crippen molar-refractivity contribution in [2.24, 2.45) is 28.7 Å². The summed E-state index contributed by atoms with van der Waals surface area (Å²) < 4.78 is 0. The van der Waals surface area contributed by atoms with Gasteiger partial charge in [-0.15, -0.1) is 0 Å². The Balaban J connectivity index is 3.04. The molecule has 0 amide bonds. The molecule has 0 spiro atoms. The lowest BCUT2D eigenvalue weighted by Gasteiger charge is -2.09. The normalized spacial score (nSPS) is 27.2. The summed E-state index contributed by atoms with van der Waals surface area (Å²) in [7, 11) is 0. The first kappa shape index (κ1) is 16.6. The van der Waals surface area contributed by atoms with Gasteiger partial charge in [0.15, 0.2) is 0 Å². The Labute approximate surface area is 121 Å². The molecular formula is C16H26N2O2. The molecule has 0 aliphatic heterocycles. The SMILES string of the molecule is CCCC(C)C=NC(=C1C(C)C1CC)C(C=N)C(=O)O. The maximum Gasteiger partial charge on any atom is 0.318 e. The molecule has 112 valence electrons. The fourth-order valence-corrected chi connectivity index (χ4v) is 2.80. The maximum atomic E-state index is 11.3. The Kier molecular flexibility index (Phi) is 6.11. The number of aliphatic carboxylic acids is 1. The average molecular weight is 278 g/mol. The first-order valence-corrected chi connectivity index (χ1v) is 7.49. The minimum atomic E-state index is -0.989. The van der Waals surface area contributed by atoms with Crippen LogP contribution in [0.1, 0.15) is 47.0 Å². The lowest BCUT2D eigenvalue weighted by Crippen LogP contribution is -2.17. The minimum absolute atomic E-state index is 0.338. The standard InChI is InChI=1S/C16H26N2O2/c1-5-7-10(3)9-18-15(13(8-17)16(19)20)14-11(4)12(14)6-2/h8-13,17H,5-7H2,1-4H3,(H,19,20). The highest BCUT2D eigenvalue weighted by Crippen LogP contribution is 2.50. The Morgan fingerprint density at radius 1 is 1.50 bits per heavy atom. The molecule has 0 heterocycles. The summed E-state index contributed by atoms with van der Waals surface area (Å²) in [6, 6.07) is 0. The van der Waals surface area contributed by atoms with Gasteiger partial charge in [0.05, 0.1) is 5.70 Å². The van der Waals surface area contributed by atoms with Crippen molar-refractivity contribution in [2.75, 3.05) is 0 Å². The zero-order valence-corrected chi connectivity index (χ0v) is 12.9. The quantitative estimate of drug-likeness (QED) is 0.663. The molecular weight excluding hydrogens is 252 g/mol. The monoisotopic (exact) mass is 278 g/mol. The summed E-state index contributed by atoms with van der Waals surface area (Å²) in [6.45, 7) is 8.42. The Bertz CT molecular complexity index is 426. The third-order valence-electron chi connectivity index (χ3n) is 4.06. The first-order valence-electron chi connectivity index (χ1n) is 7.49. The summed E-state index contributed by atoms with van der Waals surface area (Å²) in [6.07, 6.45) is 5.97. The Morgan fingerprint density at radius 3 is 2.55 bits per heavy atom. The van der Waals surface area contributed by atoms with Crippen LogP contribution in [-0.4, -0.2) is 23.5 Å². The molecule has 1 aliphatic rings. The van der Waals surface area contributed by atoms with Crippen molar-refractivity contribution in [3.05, 3.63) is 11.3 Å². The highest BCUT2D eigenvalue weighted by Gasteiger charge is 2.43. The van der Waals surface area contributed by atoms with E-state index >= 15 is 0 Å². The van der Waals surface area contributed by atoms with E-state index in [-0.39, 0.29) is 0 Å². The molecule has 2 N–H and O–H groups in total. The number of aliphatic imine (C=N–C) groups is 1. The molecule has 1 saturated carbocycles. The van der Waals surface area contributed by atoms with Gasteiger partial charge >= 0.3 is 5.97 Å². The average Bonchev–Trinajstić information content (AvgIpc) is 3.04. The van der Waals surface area contributed by atoms with Gasteiger partial charge in [0.2, 0.25) is 0 Å². The largest absolute Gasteiger partial charge is 0.480 e. The molecule has 0 saturated heterocycles. The van der Waals surface area contributed by atoms with Crippen molar-refractivity contribution in [1.29, 1.82) is 5.41 Å². The van der Waals surface area contributed by atoms with Gasteiger partial charge in [-0.05, 0) is 36.2 Å². The van der Waals surface area contributed by atoms with E-state index in [2.05, 4.69) is 32.7 Å². The van der Waals surface area contributed by atoms with Gasteiger partial charge < -0.3 is 10.5 Å². The molecule has 1 rings (SSSR count). The number of carboxylic acid groups (broad SMARTS) is 1. The van der Waals surface area contributed by atoms with Crippen LogP contribution < -0.4 is 0 Å². The molecule has 20 heavy (non-hydrogen) atoms. The summed E-state index contributed by atoms with van der Waals surface area (Å²) in [4.78, 5) is 15.8. The molecule has 0 radical (unpaired) electrons. The van der Waals surface area contributed by atoms with E-state index in [1.165, 1.54) is 0 Å². The van der Waals surface area contributed by atoms with Gasteiger partial charge in [-0.2, -0.15) is 0 Å². The van der Waals surface area contributed by atoms with Gasteiger partial charge in [-0.1, -0.05) is 34.1 Å². The number of nitrogens with one attached hydrogen (secondary N) is 1. The van der Waals surface area contributed by atoms with E-state index in [4.69, 9.17) is 5.41 Å². The van der Waals surface area contributed by atoms with E-state index < -0.39 is 11.9 Å². The van der Waals surface area contributed by atoms with Crippen molar-refractivity contribution in [3.8, 4) is 0 Å². The molecule has 0 aromatic heterocycles. The molecule has 1 aliphatic carbocycles. The number of allylic oxidation sites excluding steroid dienone is 1. The van der Waals surface area contributed by atoms with Crippen LogP contribution in [0.2, 0.25) is 0 Å². The van der Waals surface area contributed by atoms with Crippen LogP contribution in [0.4, 0.5) is 0 Å². The number of rotatable bonds is 8. The molecule has 1 fully saturated rings. The molecule has 0 aromatic rings. The van der Waals surface area contributed by atoms with Crippen LogP contribution in [0.5, 0.6) is 0 Å². The van der Waals surface area contributed by atoms with Gasteiger partial charge in [-0.3, -0.25) is 9.79 Å². The van der Waals surface area contributed by atoms with Crippen LogP contribution >= 0.6 is 0 Å². The van der Waals surface area contributed by atoms with E-state index in [1.54, 1.807) is 0 Å². The summed E-state index contributed by atoms with van der Waals surface area (Å²) in [5, 5.41) is 16.7. The topological polar surface area (TPSA) is 73.5 Å². The predicted octanol–water partition coefficient (Wildman–Crippen LogP) is 3.77. The predicted molar refractivity (Wildman–Crippen MR) is 82.4 cm³/mol.